The van der Waals surface area contributed by atoms with Gasteiger partial charge < -0.3 is 19.9 Å². The second-order valence-electron chi connectivity index (χ2n) is 5.51. The minimum absolute atomic E-state index is 0.0136. The molecule has 2 aromatic rings. The van der Waals surface area contributed by atoms with Gasteiger partial charge in [-0.05, 0) is 17.5 Å². The molecule has 1 aromatic heterocycles. The Kier molecular flexibility index (Phi) is 6.43. The molecule has 0 aliphatic heterocycles. The van der Waals surface area contributed by atoms with Gasteiger partial charge in [0.15, 0.2) is 0 Å². The number of unbranched alkanes of at least 4 members (excludes halogenated alkanes) is 1. The molecule has 1 heterocycles. The lowest BCUT2D eigenvalue weighted by Crippen LogP contribution is -2.16. The number of rotatable bonds is 9. The van der Waals surface area contributed by atoms with E-state index in [9.17, 15) is 9.90 Å². The largest absolute Gasteiger partial charge is 0.493 e. The van der Waals surface area contributed by atoms with Crippen LogP contribution >= 0.6 is 0 Å². The van der Waals surface area contributed by atoms with Gasteiger partial charge in [-0.3, -0.25) is 4.57 Å². The zero-order valence-electron chi connectivity index (χ0n) is 13.4. The molecule has 6 heteroatoms. The van der Waals surface area contributed by atoms with Crippen LogP contribution in [0, 0.1) is 0 Å². The fraction of sp³-hybridized carbons (Fsp3) is 0.471. The Labute approximate surface area is 135 Å². The summed E-state index contributed by atoms with van der Waals surface area (Å²) in [6.07, 6.45) is 2.29. The molecule has 126 valence electrons. The van der Waals surface area contributed by atoms with Crippen LogP contribution in [0.3, 0.4) is 0 Å². The monoisotopic (exact) mass is 320 g/mol. The van der Waals surface area contributed by atoms with E-state index in [4.69, 9.17) is 9.84 Å². The number of aromatic nitrogens is 2. The first-order chi connectivity index (χ1) is 11.2. The topological polar surface area (TPSA) is 87.5 Å². The van der Waals surface area contributed by atoms with E-state index in [1.165, 1.54) is 4.57 Å². The Bertz CT molecular complexity index is 658. The molecule has 6 nitrogen and oxygen atoms in total. The van der Waals surface area contributed by atoms with Crippen LogP contribution in [0.15, 0.2) is 29.1 Å². The van der Waals surface area contributed by atoms with Gasteiger partial charge in [-0.1, -0.05) is 37.6 Å². The smallest absolute Gasteiger partial charge is 0.328 e. The van der Waals surface area contributed by atoms with Gasteiger partial charge in [0.2, 0.25) is 5.88 Å². The van der Waals surface area contributed by atoms with Crippen LogP contribution in [0.1, 0.15) is 36.6 Å². The third-order valence-electron chi connectivity index (χ3n) is 3.67. The second kappa shape index (κ2) is 8.55. The molecule has 0 aliphatic carbocycles. The third kappa shape index (κ3) is 4.71. The molecule has 0 radical (unpaired) electrons. The van der Waals surface area contributed by atoms with Crippen LogP contribution < -0.4 is 5.69 Å². The number of nitrogens with one attached hydrogen (secondary N) is 1. The van der Waals surface area contributed by atoms with Crippen LogP contribution in [0.25, 0.3) is 0 Å². The fourth-order valence-corrected chi connectivity index (χ4v) is 2.37. The maximum Gasteiger partial charge on any atom is 0.328 e. The average Bonchev–Trinajstić information content (AvgIpc) is 2.81. The molecular weight excluding hydrogens is 296 g/mol. The average molecular weight is 320 g/mol. The highest BCUT2D eigenvalue weighted by molar-refractivity contribution is 5.29. The predicted molar refractivity (Wildman–Crippen MR) is 87.6 cm³/mol. The molecule has 0 aliphatic rings. The number of hydrogen-bond donors (Lipinski definition) is 3. The minimum atomic E-state index is -0.264. The number of ether oxygens (including phenoxy) is 1. The summed E-state index contributed by atoms with van der Waals surface area (Å²) in [4.78, 5) is 14.6. The number of nitrogens with zero attached hydrogens (tertiary/aromatic N) is 1. The molecule has 0 atom stereocenters. The number of imidazole rings is 1. The van der Waals surface area contributed by atoms with Crippen molar-refractivity contribution in [1.29, 1.82) is 0 Å². The number of benzene rings is 1. The summed E-state index contributed by atoms with van der Waals surface area (Å²) in [6.45, 7) is 3.36. The van der Waals surface area contributed by atoms with E-state index >= 15 is 0 Å². The first-order valence-electron chi connectivity index (χ1n) is 7.92. The summed E-state index contributed by atoms with van der Waals surface area (Å²) in [5.74, 6) is 0.0267. The molecule has 0 fully saturated rings. The van der Waals surface area contributed by atoms with Gasteiger partial charge in [-0.2, -0.15) is 0 Å². The molecule has 0 amide bonds. The molecule has 1 aromatic carbocycles. The SMILES string of the molecule is CCCCn1c(O)c(Cc2ccc(COCCO)cc2)[nH]c1=O. The summed E-state index contributed by atoms with van der Waals surface area (Å²) in [5.41, 5.74) is 2.28. The molecule has 0 bridgehead atoms. The van der Waals surface area contributed by atoms with Crippen molar-refractivity contribution < 1.29 is 14.9 Å². The molecule has 0 saturated heterocycles. The standard InChI is InChI=1S/C17H24N2O4/c1-2-3-8-19-16(21)15(18-17(19)22)11-13-4-6-14(7-5-13)12-23-10-9-20/h4-7,20-21H,2-3,8-12H2,1H3,(H,18,22). The van der Waals surface area contributed by atoms with Crippen molar-refractivity contribution in [2.24, 2.45) is 0 Å². The highest BCUT2D eigenvalue weighted by Crippen LogP contribution is 2.18. The van der Waals surface area contributed by atoms with Crippen LogP contribution in [-0.4, -0.2) is 33.0 Å². The third-order valence-corrected chi connectivity index (χ3v) is 3.67. The second-order valence-corrected chi connectivity index (χ2v) is 5.51. The summed E-state index contributed by atoms with van der Waals surface area (Å²) in [7, 11) is 0. The highest BCUT2D eigenvalue weighted by Gasteiger charge is 2.12. The Morgan fingerprint density at radius 3 is 2.57 bits per heavy atom. The number of aromatic amines is 1. The molecule has 3 N–H and O–H groups in total. The normalized spacial score (nSPS) is 11.0. The number of aromatic hydroxyl groups is 1. The van der Waals surface area contributed by atoms with E-state index < -0.39 is 0 Å². The Hall–Kier alpha value is -2.05. The summed E-state index contributed by atoms with van der Waals surface area (Å²) in [5, 5.41) is 18.9. The lowest BCUT2D eigenvalue weighted by molar-refractivity contribution is 0.0815. The van der Waals surface area contributed by atoms with E-state index in [1.54, 1.807) is 0 Å². The number of hydrogen-bond acceptors (Lipinski definition) is 4. The van der Waals surface area contributed by atoms with E-state index in [1.807, 2.05) is 31.2 Å². The van der Waals surface area contributed by atoms with Crippen LogP contribution in [0.2, 0.25) is 0 Å². The molecule has 0 saturated carbocycles. The van der Waals surface area contributed by atoms with Crippen molar-refractivity contribution in [3.8, 4) is 5.88 Å². The van der Waals surface area contributed by atoms with Gasteiger partial charge >= 0.3 is 5.69 Å². The predicted octanol–water partition coefficient (Wildman–Crippen LogP) is 1.78. The van der Waals surface area contributed by atoms with Gasteiger partial charge in [-0.15, -0.1) is 0 Å². The van der Waals surface area contributed by atoms with Crippen molar-refractivity contribution in [2.45, 2.75) is 39.3 Å². The van der Waals surface area contributed by atoms with Gasteiger partial charge in [0.1, 0.15) is 0 Å². The van der Waals surface area contributed by atoms with Crippen molar-refractivity contribution in [2.75, 3.05) is 13.2 Å². The van der Waals surface area contributed by atoms with E-state index in [0.717, 1.165) is 24.0 Å². The zero-order valence-corrected chi connectivity index (χ0v) is 13.4. The molecule has 23 heavy (non-hydrogen) atoms. The van der Waals surface area contributed by atoms with E-state index in [2.05, 4.69) is 4.98 Å². The number of aliphatic hydroxyl groups excluding tert-OH is 1. The number of H-pyrrole nitrogens is 1. The Morgan fingerprint density at radius 2 is 1.91 bits per heavy atom. The van der Waals surface area contributed by atoms with Gasteiger partial charge in [-0.25, -0.2) is 4.79 Å². The quantitative estimate of drug-likeness (QED) is 0.615. The Balaban J connectivity index is 2.03. The fourth-order valence-electron chi connectivity index (χ4n) is 2.37. The van der Waals surface area contributed by atoms with Gasteiger partial charge in [0.25, 0.3) is 0 Å². The van der Waals surface area contributed by atoms with Crippen LogP contribution in [-0.2, 0) is 24.3 Å². The first-order valence-corrected chi connectivity index (χ1v) is 7.92. The van der Waals surface area contributed by atoms with Gasteiger partial charge in [0, 0.05) is 13.0 Å². The van der Waals surface area contributed by atoms with Crippen LogP contribution in [0.4, 0.5) is 0 Å². The molecule has 0 unspecified atom stereocenters. The lowest BCUT2D eigenvalue weighted by Gasteiger charge is -2.05. The molecule has 2 rings (SSSR count). The van der Waals surface area contributed by atoms with Crippen LogP contribution in [0.5, 0.6) is 5.88 Å². The van der Waals surface area contributed by atoms with Crippen molar-refractivity contribution in [1.82, 2.24) is 9.55 Å². The van der Waals surface area contributed by atoms with Gasteiger partial charge in [0.05, 0.1) is 25.5 Å². The summed E-state index contributed by atoms with van der Waals surface area (Å²) in [6, 6.07) is 7.77. The lowest BCUT2D eigenvalue weighted by atomic mass is 10.1. The number of aliphatic hydroxyl groups is 1. The molecular formula is C17H24N2O4. The van der Waals surface area contributed by atoms with Crippen molar-refractivity contribution >= 4 is 0 Å². The first kappa shape index (κ1) is 17.3. The maximum atomic E-state index is 11.9. The zero-order chi connectivity index (χ0) is 16.7. The highest BCUT2D eigenvalue weighted by atomic mass is 16.5. The van der Waals surface area contributed by atoms with E-state index in [0.29, 0.717) is 31.9 Å². The van der Waals surface area contributed by atoms with Crippen molar-refractivity contribution in [3.05, 3.63) is 51.6 Å². The van der Waals surface area contributed by atoms with Crippen molar-refractivity contribution in [3.63, 3.8) is 0 Å². The maximum absolute atomic E-state index is 11.9. The molecule has 0 spiro atoms. The minimum Gasteiger partial charge on any atom is -0.493 e. The summed E-state index contributed by atoms with van der Waals surface area (Å²) >= 11 is 0. The van der Waals surface area contributed by atoms with E-state index in [-0.39, 0.29) is 18.2 Å². The summed E-state index contributed by atoms with van der Waals surface area (Å²) < 4.78 is 6.65. The Morgan fingerprint density at radius 1 is 1.22 bits per heavy atom.